The summed E-state index contributed by atoms with van der Waals surface area (Å²) in [6.45, 7) is 1.98. The highest BCUT2D eigenvalue weighted by atomic mass is 16.5. The van der Waals surface area contributed by atoms with Gasteiger partial charge in [0.05, 0.1) is 7.11 Å². The topological polar surface area (TPSA) is 83.0 Å². The van der Waals surface area contributed by atoms with Gasteiger partial charge in [-0.2, -0.15) is 4.79 Å². The standard InChI is InChI=1S/C15H17N3O3/c1-3-11-9-8-10-6-4-5-7-12(10)18(11)14(19)13(17-16)15(20)21-2/h4-7,11H,3,8-9H2,1-2H3. The van der Waals surface area contributed by atoms with Gasteiger partial charge in [-0.1, -0.05) is 25.1 Å². The second kappa shape index (κ2) is 6.33. The molecule has 1 aliphatic rings. The number of fused-ring (bicyclic) bond motifs is 1. The molecule has 0 saturated carbocycles. The van der Waals surface area contributed by atoms with Crippen molar-refractivity contribution in [2.45, 2.75) is 32.2 Å². The first-order valence-corrected chi connectivity index (χ1v) is 6.85. The Morgan fingerprint density at radius 2 is 2.14 bits per heavy atom. The fourth-order valence-corrected chi connectivity index (χ4v) is 2.65. The van der Waals surface area contributed by atoms with Crippen LogP contribution < -0.4 is 4.90 Å². The molecule has 0 bridgehead atoms. The van der Waals surface area contributed by atoms with Crippen molar-refractivity contribution in [3.05, 3.63) is 35.4 Å². The van der Waals surface area contributed by atoms with Crippen molar-refractivity contribution in [3.8, 4) is 0 Å². The highest BCUT2D eigenvalue weighted by molar-refractivity contribution is 6.64. The largest absolute Gasteiger partial charge is 0.463 e. The Bertz CT molecular complexity index is 620. The fourth-order valence-electron chi connectivity index (χ4n) is 2.65. The Hall–Kier alpha value is -2.46. The van der Waals surface area contributed by atoms with Gasteiger partial charge in [-0.15, -0.1) is 0 Å². The van der Waals surface area contributed by atoms with Gasteiger partial charge in [0, 0.05) is 11.7 Å². The number of methoxy groups -OCH3 is 1. The molecule has 0 aliphatic carbocycles. The van der Waals surface area contributed by atoms with Gasteiger partial charge < -0.3 is 10.3 Å². The second-order valence-corrected chi connectivity index (χ2v) is 4.84. The molecule has 1 aliphatic heterocycles. The Balaban J connectivity index is 2.46. The normalized spacial score (nSPS) is 16.7. The molecule has 0 fully saturated rings. The zero-order chi connectivity index (χ0) is 15.4. The molecule has 1 amide bonds. The van der Waals surface area contributed by atoms with E-state index in [4.69, 9.17) is 5.53 Å². The first-order valence-electron chi connectivity index (χ1n) is 6.85. The van der Waals surface area contributed by atoms with Gasteiger partial charge >= 0.3 is 17.6 Å². The number of anilines is 1. The summed E-state index contributed by atoms with van der Waals surface area (Å²) in [6, 6.07) is 7.51. The number of benzene rings is 1. The van der Waals surface area contributed by atoms with Crippen LogP contribution >= 0.6 is 0 Å². The van der Waals surface area contributed by atoms with Crippen LogP contribution in [0.25, 0.3) is 5.53 Å². The number of esters is 1. The maximum Gasteiger partial charge on any atom is 0.463 e. The van der Waals surface area contributed by atoms with Gasteiger partial charge in [-0.3, -0.25) is 9.69 Å². The number of para-hydroxylation sites is 1. The molecule has 1 atom stereocenters. The molecule has 6 nitrogen and oxygen atoms in total. The summed E-state index contributed by atoms with van der Waals surface area (Å²) in [5.74, 6) is -1.58. The van der Waals surface area contributed by atoms with Crippen LogP contribution in [0.4, 0.5) is 5.69 Å². The Kier molecular flexibility index (Phi) is 4.50. The van der Waals surface area contributed by atoms with Gasteiger partial charge in [0.25, 0.3) is 0 Å². The molecule has 0 spiro atoms. The van der Waals surface area contributed by atoms with Gasteiger partial charge in [0.2, 0.25) is 0 Å². The van der Waals surface area contributed by atoms with Crippen LogP contribution in [0.3, 0.4) is 0 Å². The van der Waals surface area contributed by atoms with Crippen molar-refractivity contribution in [1.82, 2.24) is 0 Å². The monoisotopic (exact) mass is 287 g/mol. The Morgan fingerprint density at radius 3 is 2.76 bits per heavy atom. The number of nitrogens with zero attached hydrogens (tertiary/aromatic N) is 3. The zero-order valence-corrected chi connectivity index (χ0v) is 12.1. The minimum Gasteiger partial charge on any atom is -0.460 e. The number of amides is 1. The lowest BCUT2D eigenvalue weighted by atomic mass is 9.94. The maximum atomic E-state index is 12.6. The smallest absolute Gasteiger partial charge is 0.460 e. The van der Waals surface area contributed by atoms with Crippen molar-refractivity contribution in [2.24, 2.45) is 0 Å². The Labute approximate surface area is 122 Å². The predicted molar refractivity (Wildman–Crippen MR) is 77.0 cm³/mol. The molecule has 1 aromatic rings. The molecule has 0 aromatic heterocycles. The molecule has 6 heteroatoms. The molecule has 110 valence electrons. The average molecular weight is 287 g/mol. The van der Waals surface area contributed by atoms with E-state index in [0.717, 1.165) is 37.6 Å². The number of hydrogen-bond donors (Lipinski definition) is 0. The average Bonchev–Trinajstić information content (AvgIpc) is 2.53. The van der Waals surface area contributed by atoms with Gasteiger partial charge in [-0.05, 0) is 30.9 Å². The molecule has 1 unspecified atom stereocenters. The summed E-state index contributed by atoms with van der Waals surface area (Å²) >= 11 is 0. The first-order chi connectivity index (χ1) is 10.1. The van der Waals surface area contributed by atoms with Crippen LogP contribution in [-0.4, -0.2) is 35.5 Å². The summed E-state index contributed by atoms with van der Waals surface area (Å²) in [6.07, 6.45) is 2.43. The Morgan fingerprint density at radius 1 is 1.43 bits per heavy atom. The van der Waals surface area contributed by atoms with Crippen molar-refractivity contribution in [1.29, 1.82) is 0 Å². The van der Waals surface area contributed by atoms with Crippen LogP contribution in [0, 0.1) is 0 Å². The highest BCUT2D eigenvalue weighted by Gasteiger charge is 2.40. The van der Waals surface area contributed by atoms with Crippen LogP contribution in [0.2, 0.25) is 0 Å². The SMILES string of the molecule is CCC1CCc2ccccc2N1C(=O)C(=[N+]=[N-])C(=O)OC. The van der Waals surface area contributed by atoms with E-state index in [-0.39, 0.29) is 6.04 Å². The summed E-state index contributed by atoms with van der Waals surface area (Å²) < 4.78 is 4.49. The first kappa shape index (κ1) is 14.9. The minimum absolute atomic E-state index is 0.0335. The van der Waals surface area contributed by atoms with E-state index < -0.39 is 17.6 Å². The molecular weight excluding hydrogens is 270 g/mol. The van der Waals surface area contributed by atoms with E-state index in [9.17, 15) is 9.59 Å². The summed E-state index contributed by atoms with van der Waals surface area (Å²) in [5, 5.41) is 0. The summed E-state index contributed by atoms with van der Waals surface area (Å²) in [4.78, 5) is 28.5. The molecule has 0 saturated heterocycles. The number of rotatable bonds is 3. The molecule has 0 radical (unpaired) electrons. The van der Waals surface area contributed by atoms with Crippen molar-refractivity contribution >= 4 is 23.3 Å². The lowest BCUT2D eigenvalue weighted by Crippen LogP contribution is -2.49. The predicted octanol–water partition coefficient (Wildman–Crippen LogP) is 1.59. The van der Waals surface area contributed by atoms with Crippen molar-refractivity contribution in [3.63, 3.8) is 0 Å². The van der Waals surface area contributed by atoms with Gasteiger partial charge in [0.15, 0.2) is 0 Å². The third-order valence-electron chi connectivity index (χ3n) is 3.73. The maximum absolute atomic E-state index is 12.6. The van der Waals surface area contributed by atoms with Crippen LogP contribution in [0.1, 0.15) is 25.3 Å². The summed E-state index contributed by atoms with van der Waals surface area (Å²) in [5.41, 5.74) is 10.2. The molecule has 21 heavy (non-hydrogen) atoms. The van der Waals surface area contributed by atoms with Gasteiger partial charge in [0.1, 0.15) is 0 Å². The lowest BCUT2D eigenvalue weighted by molar-refractivity contribution is -0.139. The summed E-state index contributed by atoms with van der Waals surface area (Å²) in [7, 11) is 1.14. The van der Waals surface area contributed by atoms with Crippen LogP contribution in [0.15, 0.2) is 24.3 Å². The molecule has 1 heterocycles. The number of hydrogen-bond acceptors (Lipinski definition) is 3. The van der Waals surface area contributed by atoms with Crippen LogP contribution in [0.5, 0.6) is 0 Å². The van der Waals surface area contributed by atoms with Crippen molar-refractivity contribution in [2.75, 3.05) is 12.0 Å². The molecule has 2 rings (SSSR count). The molecular formula is C15H17N3O3. The van der Waals surface area contributed by atoms with E-state index >= 15 is 0 Å². The zero-order valence-electron chi connectivity index (χ0n) is 12.1. The van der Waals surface area contributed by atoms with E-state index in [1.165, 1.54) is 4.90 Å². The number of ether oxygens (including phenoxy) is 1. The third kappa shape index (κ3) is 2.71. The molecule has 1 aromatic carbocycles. The lowest BCUT2D eigenvalue weighted by Gasteiger charge is -2.35. The van der Waals surface area contributed by atoms with E-state index in [1.807, 2.05) is 31.2 Å². The van der Waals surface area contributed by atoms with E-state index in [1.54, 1.807) is 0 Å². The minimum atomic E-state index is -0.944. The van der Waals surface area contributed by atoms with E-state index in [2.05, 4.69) is 9.53 Å². The van der Waals surface area contributed by atoms with E-state index in [0.29, 0.717) is 0 Å². The van der Waals surface area contributed by atoms with Crippen LogP contribution in [-0.2, 0) is 20.7 Å². The third-order valence-corrected chi connectivity index (χ3v) is 3.73. The molecule has 0 N–H and O–H groups in total. The fraction of sp³-hybridized carbons (Fsp3) is 0.400. The quantitative estimate of drug-likeness (QED) is 0.278. The second-order valence-electron chi connectivity index (χ2n) is 4.84. The number of aryl methyl sites for hydroxylation is 1. The highest BCUT2D eigenvalue weighted by Crippen LogP contribution is 2.31. The van der Waals surface area contributed by atoms with Gasteiger partial charge in [-0.25, -0.2) is 4.79 Å². The number of carbonyl (C=O) groups excluding carboxylic acids is 2. The number of carbonyl (C=O) groups is 2. The van der Waals surface area contributed by atoms with Crippen molar-refractivity contribution < 1.29 is 19.1 Å².